The minimum Gasteiger partial charge on any atom is -0.457 e. The van der Waals surface area contributed by atoms with Gasteiger partial charge in [-0.2, -0.15) is 10.2 Å². The van der Waals surface area contributed by atoms with Gasteiger partial charge in [0.1, 0.15) is 28.9 Å². The highest BCUT2D eigenvalue weighted by Crippen LogP contribution is 2.32. The molecule has 8 heteroatoms. The Hall–Kier alpha value is -3.01. The summed E-state index contributed by atoms with van der Waals surface area (Å²) < 4.78 is 5.78. The van der Waals surface area contributed by atoms with Crippen LogP contribution < -0.4 is 16.2 Å². The number of hydrogen-bond acceptors (Lipinski definition) is 6. The first-order valence-corrected chi connectivity index (χ1v) is 7.80. The Morgan fingerprint density at radius 1 is 0.960 bits per heavy atom. The van der Waals surface area contributed by atoms with Crippen molar-refractivity contribution < 1.29 is 4.74 Å². The van der Waals surface area contributed by atoms with E-state index in [0.717, 1.165) is 0 Å². The summed E-state index contributed by atoms with van der Waals surface area (Å²) in [5, 5.41) is 10.1. The van der Waals surface area contributed by atoms with Gasteiger partial charge < -0.3 is 16.2 Å². The highest BCUT2D eigenvalue weighted by atomic mass is 35.5. The number of nitrogens with zero attached hydrogens (tertiary/aromatic N) is 3. The number of anilines is 2. The minimum absolute atomic E-state index is 0.0118. The Bertz CT molecular complexity index is 1000. The van der Waals surface area contributed by atoms with Gasteiger partial charge in [-0.3, -0.25) is 0 Å². The number of benzene rings is 2. The number of rotatable bonds is 3. The Balaban J connectivity index is 2.00. The Morgan fingerprint density at radius 3 is 2.44 bits per heavy atom. The zero-order valence-corrected chi connectivity index (χ0v) is 14.2. The van der Waals surface area contributed by atoms with E-state index >= 15 is 0 Å². The minimum atomic E-state index is -0.0118. The maximum Gasteiger partial charge on any atom is 0.222 e. The Labute approximate surface area is 153 Å². The van der Waals surface area contributed by atoms with Crippen molar-refractivity contribution in [2.75, 3.05) is 11.5 Å². The third-order valence-electron chi connectivity index (χ3n) is 3.30. The largest absolute Gasteiger partial charge is 0.457 e. The maximum absolute atomic E-state index is 9.30. The number of hydrogen-bond donors (Lipinski definition) is 2. The third-order valence-corrected chi connectivity index (χ3v) is 4.04. The lowest BCUT2D eigenvalue weighted by Gasteiger charge is -2.10. The Kier molecular flexibility index (Phi) is 4.61. The highest BCUT2D eigenvalue weighted by molar-refractivity contribution is 6.42. The first-order chi connectivity index (χ1) is 12.0. The van der Waals surface area contributed by atoms with E-state index in [2.05, 4.69) is 9.97 Å². The lowest BCUT2D eigenvalue weighted by molar-refractivity contribution is 0.483. The molecular formula is C17H11Cl2N5O. The maximum atomic E-state index is 9.30. The van der Waals surface area contributed by atoms with Crippen molar-refractivity contribution in [1.82, 2.24) is 9.97 Å². The van der Waals surface area contributed by atoms with Gasteiger partial charge in [-0.25, -0.2) is 4.98 Å². The number of halogens is 2. The molecule has 0 bridgehead atoms. The first-order valence-electron chi connectivity index (χ1n) is 7.04. The summed E-state index contributed by atoms with van der Waals surface area (Å²) in [6.07, 6.45) is 0. The summed E-state index contributed by atoms with van der Waals surface area (Å²) in [5.41, 5.74) is 12.5. The van der Waals surface area contributed by atoms with Gasteiger partial charge in [0.15, 0.2) is 0 Å². The average molecular weight is 372 g/mol. The van der Waals surface area contributed by atoms with Crippen LogP contribution in [0.25, 0.3) is 11.3 Å². The first kappa shape index (κ1) is 16.8. The molecule has 0 aliphatic rings. The molecule has 3 rings (SSSR count). The number of ether oxygens (including phenoxy) is 1. The molecule has 0 aliphatic heterocycles. The normalized spacial score (nSPS) is 10.3. The molecule has 0 aliphatic carbocycles. The van der Waals surface area contributed by atoms with Gasteiger partial charge in [-0.05, 0) is 24.3 Å². The molecular weight excluding hydrogens is 361 g/mol. The number of nitrogen functional groups attached to an aromatic ring is 2. The van der Waals surface area contributed by atoms with E-state index in [9.17, 15) is 5.26 Å². The van der Waals surface area contributed by atoms with Crippen molar-refractivity contribution in [3.05, 3.63) is 58.1 Å². The van der Waals surface area contributed by atoms with Crippen LogP contribution in [0, 0.1) is 11.3 Å². The molecule has 0 spiro atoms. The molecule has 0 saturated heterocycles. The average Bonchev–Trinajstić information content (AvgIpc) is 2.58. The van der Waals surface area contributed by atoms with Crippen LogP contribution in [0.3, 0.4) is 0 Å². The second-order valence-corrected chi connectivity index (χ2v) is 5.82. The van der Waals surface area contributed by atoms with Gasteiger partial charge in [0, 0.05) is 11.6 Å². The molecule has 1 heterocycles. The van der Waals surface area contributed by atoms with Crippen molar-refractivity contribution in [2.45, 2.75) is 0 Å². The van der Waals surface area contributed by atoms with Crippen LogP contribution in [0.4, 0.5) is 11.8 Å². The Morgan fingerprint density at radius 2 is 1.72 bits per heavy atom. The smallest absolute Gasteiger partial charge is 0.222 e. The molecule has 6 nitrogen and oxygen atoms in total. The van der Waals surface area contributed by atoms with E-state index in [1.54, 1.807) is 42.5 Å². The van der Waals surface area contributed by atoms with E-state index in [0.29, 0.717) is 32.8 Å². The second kappa shape index (κ2) is 6.85. The second-order valence-electron chi connectivity index (χ2n) is 5.01. The number of aromatic nitrogens is 2. The lowest BCUT2D eigenvalue weighted by Crippen LogP contribution is -2.05. The van der Waals surface area contributed by atoms with Gasteiger partial charge in [0.25, 0.3) is 0 Å². The van der Waals surface area contributed by atoms with E-state index in [1.165, 1.54) is 0 Å². The predicted octanol–water partition coefficient (Wildman–Crippen LogP) is 4.28. The highest BCUT2D eigenvalue weighted by Gasteiger charge is 2.14. The summed E-state index contributed by atoms with van der Waals surface area (Å²) in [6.45, 7) is 0. The van der Waals surface area contributed by atoms with Crippen LogP contribution in [0.1, 0.15) is 5.56 Å². The van der Waals surface area contributed by atoms with Crippen LogP contribution in [0.2, 0.25) is 10.0 Å². The molecule has 0 fully saturated rings. The van der Waals surface area contributed by atoms with Crippen LogP contribution in [-0.4, -0.2) is 9.97 Å². The summed E-state index contributed by atoms with van der Waals surface area (Å²) >= 11 is 11.9. The van der Waals surface area contributed by atoms with Gasteiger partial charge in [0.05, 0.1) is 15.7 Å². The van der Waals surface area contributed by atoms with Crippen LogP contribution >= 0.6 is 23.2 Å². The van der Waals surface area contributed by atoms with E-state index in [1.807, 2.05) is 6.07 Å². The number of nitriles is 1. The SMILES string of the molecule is N#Cc1c(N)nc(N)nc1-c1cccc(Oc2ccc(Cl)c(Cl)c2)c1. The molecule has 0 amide bonds. The molecule has 0 atom stereocenters. The molecule has 4 N–H and O–H groups in total. The fourth-order valence-electron chi connectivity index (χ4n) is 2.20. The van der Waals surface area contributed by atoms with E-state index in [4.69, 9.17) is 39.4 Å². The molecule has 0 saturated carbocycles. The number of nitrogens with two attached hydrogens (primary N) is 2. The van der Waals surface area contributed by atoms with Crippen LogP contribution in [-0.2, 0) is 0 Å². The van der Waals surface area contributed by atoms with Gasteiger partial charge >= 0.3 is 0 Å². The van der Waals surface area contributed by atoms with Crippen LogP contribution in [0.5, 0.6) is 11.5 Å². The predicted molar refractivity (Wildman–Crippen MR) is 97.5 cm³/mol. The van der Waals surface area contributed by atoms with Gasteiger partial charge in [-0.15, -0.1) is 0 Å². The van der Waals surface area contributed by atoms with Gasteiger partial charge in [0.2, 0.25) is 5.95 Å². The summed E-state index contributed by atoms with van der Waals surface area (Å²) in [5.74, 6) is 1.06. The summed E-state index contributed by atoms with van der Waals surface area (Å²) in [4.78, 5) is 7.92. The topological polar surface area (TPSA) is 111 Å². The van der Waals surface area contributed by atoms with Crippen molar-refractivity contribution in [3.8, 4) is 28.8 Å². The molecule has 0 unspecified atom stereocenters. The van der Waals surface area contributed by atoms with E-state index < -0.39 is 0 Å². The quantitative estimate of drug-likeness (QED) is 0.710. The zero-order chi connectivity index (χ0) is 18.0. The van der Waals surface area contributed by atoms with Gasteiger partial charge in [-0.1, -0.05) is 35.3 Å². The summed E-state index contributed by atoms with van der Waals surface area (Å²) in [7, 11) is 0. The molecule has 3 aromatic rings. The van der Waals surface area contributed by atoms with Crippen molar-refractivity contribution in [3.63, 3.8) is 0 Å². The summed E-state index contributed by atoms with van der Waals surface area (Å²) in [6, 6.07) is 13.9. The fourth-order valence-corrected chi connectivity index (χ4v) is 2.49. The molecule has 25 heavy (non-hydrogen) atoms. The molecule has 1 aromatic heterocycles. The third kappa shape index (κ3) is 3.58. The monoisotopic (exact) mass is 371 g/mol. The van der Waals surface area contributed by atoms with Crippen LogP contribution in [0.15, 0.2) is 42.5 Å². The van der Waals surface area contributed by atoms with Crippen molar-refractivity contribution in [2.24, 2.45) is 0 Å². The fraction of sp³-hybridized carbons (Fsp3) is 0. The van der Waals surface area contributed by atoms with Crippen molar-refractivity contribution >= 4 is 35.0 Å². The zero-order valence-electron chi connectivity index (χ0n) is 12.7. The van der Waals surface area contributed by atoms with Crippen molar-refractivity contribution in [1.29, 1.82) is 5.26 Å². The molecule has 2 aromatic carbocycles. The standard InChI is InChI=1S/C17H11Cl2N5O/c18-13-5-4-11(7-14(13)19)25-10-3-1-2-9(6-10)15-12(8-20)16(21)24-17(22)23-15/h1-7H,(H4,21,22,23,24). The lowest BCUT2D eigenvalue weighted by atomic mass is 10.1. The molecule has 124 valence electrons. The molecule has 0 radical (unpaired) electrons. The van der Waals surface area contributed by atoms with E-state index in [-0.39, 0.29) is 17.3 Å².